The Morgan fingerprint density at radius 1 is 1.04 bits per heavy atom. The molecular weight excluding hydrogens is 361 g/mol. The summed E-state index contributed by atoms with van der Waals surface area (Å²) in [5, 5.41) is 2.77. The third-order valence-electron chi connectivity index (χ3n) is 4.13. The van der Waals surface area contributed by atoms with Crippen LogP contribution in [0.4, 0.5) is 18.9 Å². The largest absolute Gasteiger partial charge is 0.573 e. The number of benzene rings is 2. The SMILES string of the molecule is O=C(Nc1ccc(OC(F)(F)F)cc1)C(c1ccccc1)N1CCOCC1. The fourth-order valence-corrected chi connectivity index (χ4v) is 2.95. The zero-order valence-electron chi connectivity index (χ0n) is 14.4. The number of rotatable bonds is 5. The fraction of sp³-hybridized carbons (Fsp3) is 0.316. The van der Waals surface area contributed by atoms with Crippen molar-refractivity contribution < 1.29 is 27.4 Å². The first kappa shape index (κ1) is 19.2. The smallest absolute Gasteiger partial charge is 0.406 e. The molecule has 1 fully saturated rings. The van der Waals surface area contributed by atoms with Gasteiger partial charge in [-0.25, -0.2) is 0 Å². The zero-order chi connectivity index (χ0) is 19.3. The van der Waals surface area contributed by atoms with E-state index in [1.165, 1.54) is 12.1 Å². The Hall–Kier alpha value is -2.58. The Balaban J connectivity index is 1.74. The lowest BCUT2D eigenvalue weighted by molar-refractivity contribution is -0.274. The average molecular weight is 380 g/mol. The molecule has 1 unspecified atom stereocenters. The molecule has 0 spiro atoms. The Kier molecular flexibility index (Phi) is 5.98. The van der Waals surface area contributed by atoms with Crippen molar-refractivity contribution in [2.24, 2.45) is 0 Å². The minimum atomic E-state index is -4.75. The number of amides is 1. The van der Waals surface area contributed by atoms with Gasteiger partial charge in [-0.3, -0.25) is 9.69 Å². The monoisotopic (exact) mass is 380 g/mol. The molecule has 0 aliphatic carbocycles. The predicted molar refractivity (Wildman–Crippen MR) is 93.3 cm³/mol. The van der Waals surface area contributed by atoms with Crippen LogP contribution in [0.3, 0.4) is 0 Å². The highest BCUT2D eigenvalue weighted by Crippen LogP contribution is 2.26. The van der Waals surface area contributed by atoms with Gasteiger partial charge in [0.05, 0.1) is 13.2 Å². The van der Waals surface area contributed by atoms with Crippen LogP contribution in [0.5, 0.6) is 5.75 Å². The summed E-state index contributed by atoms with van der Waals surface area (Å²) in [5.41, 5.74) is 1.23. The first-order chi connectivity index (χ1) is 12.9. The van der Waals surface area contributed by atoms with E-state index >= 15 is 0 Å². The van der Waals surface area contributed by atoms with E-state index < -0.39 is 12.4 Å². The maximum atomic E-state index is 12.9. The normalized spacial score (nSPS) is 16.6. The molecule has 1 saturated heterocycles. The highest BCUT2D eigenvalue weighted by molar-refractivity contribution is 5.95. The summed E-state index contributed by atoms with van der Waals surface area (Å²) in [7, 11) is 0. The van der Waals surface area contributed by atoms with Crippen LogP contribution in [0.1, 0.15) is 11.6 Å². The van der Waals surface area contributed by atoms with Crippen molar-refractivity contribution in [2.75, 3.05) is 31.6 Å². The lowest BCUT2D eigenvalue weighted by atomic mass is 10.0. The summed E-state index contributed by atoms with van der Waals surface area (Å²) in [6, 6.07) is 13.9. The van der Waals surface area contributed by atoms with Gasteiger partial charge in [0, 0.05) is 18.8 Å². The Morgan fingerprint density at radius 2 is 1.67 bits per heavy atom. The quantitative estimate of drug-likeness (QED) is 0.861. The van der Waals surface area contributed by atoms with Crippen LogP contribution in [0.25, 0.3) is 0 Å². The summed E-state index contributed by atoms with van der Waals surface area (Å²) in [4.78, 5) is 14.9. The predicted octanol–water partition coefficient (Wildman–Crippen LogP) is 3.60. The van der Waals surface area contributed by atoms with Gasteiger partial charge in [-0.1, -0.05) is 30.3 Å². The second kappa shape index (κ2) is 8.41. The minimum Gasteiger partial charge on any atom is -0.406 e. The third kappa shape index (κ3) is 5.45. The average Bonchev–Trinajstić information content (AvgIpc) is 2.64. The number of hydrogen-bond acceptors (Lipinski definition) is 4. The number of carbonyl (C=O) groups excluding carboxylic acids is 1. The molecule has 1 N–H and O–H groups in total. The molecule has 27 heavy (non-hydrogen) atoms. The zero-order valence-corrected chi connectivity index (χ0v) is 14.4. The number of hydrogen-bond donors (Lipinski definition) is 1. The van der Waals surface area contributed by atoms with E-state index in [-0.39, 0.29) is 11.7 Å². The third-order valence-corrected chi connectivity index (χ3v) is 4.13. The Bertz CT molecular complexity index is 745. The molecule has 144 valence electrons. The van der Waals surface area contributed by atoms with Gasteiger partial charge in [-0.2, -0.15) is 0 Å². The molecule has 2 aromatic carbocycles. The molecule has 0 saturated carbocycles. The molecule has 3 rings (SSSR count). The van der Waals surface area contributed by atoms with Crippen molar-refractivity contribution in [1.29, 1.82) is 0 Å². The number of anilines is 1. The van der Waals surface area contributed by atoms with Crippen LogP contribution in [0, 0.1) is 0 Å². The van der Waals surface area contributed by atoms with Gasteiger partial charge in [0.15, 0.2) is 0 Å². The molecule has 5 nitrogen and oxygen atoms in total. The van der Waals surface area contributed by atoms with Gasteiger partial charge in [-0.15, -0.1) is 13.2 Å². The molecule has 0 bridgehead atoms. The van der Waals surface area contributed by atoms with E-state index in [1.54, 1.807) is 0 Å². The van der Waals surface area contributed by atoms with Crippen LogP contribution in [-0.2, 0) is 9.53 Å². The maximum Gasteiger partial charge on any atom is 0.573 e. The van der Waals surface area contributed by atoms with E-state index in [9.17, 15) is 18.0 Å². The first-order valence-corrected chi connectivity index (χ1v) is 8.46. The van der Waals surface area contributed by atoms with E-state index in [1.807, 2.05) is 35.2 Å². The van der Waals surface area contributed by atoms with Crippen molar-refractivity contribution >= 4 is 11.6 Å². The van der Waals surface area contributed by atoms with Crippen LogP contribution >= 0.6 is 0 Å². The Labute approximate surface area is 154 Å². The number of morpholine rings is 1. The lowest BCUT2D eigenvalue weighted by Crippen LogP contribution is -2.43. The summed E-state index contributed by atoms with van der Waals surface area (Å²) < 4.78 is 45.9. The number of halogens is 3. The second-order valence-electron chi connectivity index (χ2n) is 6.02. The van der Waals surface area contributed by atoms with Gasteiger partial charge >= 0.3 is 6.36 Å². The van der Waals surface area contributed by atoms with Crippen LogP contribution in [-0.4, -0.2) is 43.5 Å². The number of carbonyl (C=O) groups is 1. The van der Waals surface area contributed by atoms with Gasteiger partial charge in [-0.05, 0) is 29.8 Å². The number of nitrogens with one attached hydrogen (secondary N) is 1. The standard InChI is InChI=1S/C19H19F3N2O3/c20-19(21,22)27-16-8-6-15(7-9-16)23-18(25)17(14-4-2-1-3-5-14)24-10-12-26-13-11-24/h1-9,17H,10-13H2,(H,23,25). The van der Waals surface area contributed by atoms with E-state index in [0.717, 1.165) is 17.7 Å². The van der Waals surface area contributed by atoms with Crippen LogP contribution in [0.2, 0.25) is 0 Å². The molecule has 1 aliphatic rings. The van der Waals surface area contributed by atoms with Crippen LogP contribution in [0.15, 0.2) is 54.6 Å². The number of ether oxygens (including phenoxy) is 2. The first-order valence-electron chi connectivity index (χ1n) is 8.46. The molecule has 1 heterocycles. The van der Waals surface area contributed by atoms with E-state index in [0.29, 0.717) is 32.0 Å². The molecule has 0 radical (unpaired) electrons. The summed E-state index contributed by atoms with van der Waals surface area (Å²) in [6.07, 6.45) is -4.75. The van der Waals surface area contributed by atoms with Gasteiger partial charge < -0.3 is 14.8 Å². The number of nitrogens with zero attached hydrogens (tertiary/aromatic N) is 1. The molecule has 8 heteroatoms. The molecule has 2 aromatic rings. The van der Waals surface area contributed by atoms with Crippen molar-refractivity contribution in [3.63, 3.8) is 0 Å². The Morgan fingerprint density at radius 3 is 2.26 bits per heavy atom. The highest BCUT2D eigenvalue weighted by Gasteiger charge is 2.31. The lowest BCUT2D eigenvalue weighted by Gasteiger charge is -2.33. The van der Waals surface area contributed by atoms with Gasteiger partial charge in [0.2, 0.25) is 5.91 Å². The van der Waals surface area contributed by atoms with Crippen molar-refractivity contribution in [1.82, 2.24) is 4.90 Å². The molecule has 1 aliphatic heterocycles. The van der Waals surface area contributed by atoms with Crippen molar-refractivity contribution in [3.05, 3.63) is 60.2 Å². The summed E-state index contributed by atoms with van der Waals surface area (Å²) >= 11 is 0. The van der Waals surface area contributed by atoms with E-state index in [4.69, 9.17) is 4.74 Å². The van der Waals surface area contributed by atoms with Crippen LogP contribution < -0.4 is 10.1 Å². The number of alkyl halides is 3. The fourth-order valence-electron chi connectivity index (χ4n) is 2.95. The highest BCUT2D eigenvalue weighted by atomic mass is 19.4. The molecule has 1 atom stereocenters. The van der Waals surface area contributed by atoms with Crippen molar-refractivity contribution in [2.45, 2.75) is 12.4 Å². The molecule has 1 amide bonds. The van der Waals surface area contributed by atoms with E-state index in [2.05, 4.69) is 10.1 Å². The molecular formula is C19H19F3N2O3. The second-order valence-corrected chi connectivity index (χ2v) is 6.02. The maximum absolute atomic E-state index is 12.9. The summed E-state index contributed by atoms with van der Waals surface area (Å²) in [5.74, 6) is -0.596. The van der Waals surface area contributed by atoms with Gasteiger partial charge in [0.25, 0.3) is 0 Å². The molecule has 0 aromatic heterocycles. The minimum absolute atomic E-state index is 0.257. The van der Waals surface area contributed by atoms with Crippen molar-refractivity contribution in [3.8, 4) is 5.75 Å². The summed E-state index contributed by atoms with van der Waals surface area (Å²) in [6.45, 7) is 2.32. The topological polar surface area (TPSA) is 50.8 Å². The van der Waals surface area contributed by atoms with Gasteiger partial charge in [0.1, 0.15) is 11.8 Å².